The molecular formula is C15H19ClN2O2S. The van der Waals surface area contributed by atoms with Gasteiger partial charge in [0, 0.05) is 36.3 Å². The largest absolute Gasteiger partial charge is 0.264 e. The predicted octanol–water partition coefficient (Wildman–Crippen LogP) is 3.14. The normalized spacial score (nSPS) is 16.6. The number of piperidine rings is 1. The molecule has 2 aromatic rings. The number of sulfonamides is 1. The van der Waals surface area contributed by atoms with E-state index in [1.807, 2.05) is 19.1 Å². The molecule has 114 valence electrons. The van der Waals surface area contributed by atoms with Gasteiger partial charge in [-0.05, 0) is 31.4 Å². The molecule has 0 unspecified atom stereocenters. The molecule has 0 atom stereocenters. The first-order valence-electron chi connectivity index (χ1n) is 6.94. The molecule has 6 heteroatoms. The Hall–Kier alpha value is -1.17. The molecule has 1 saturated heterocycles. The monoisotopic (exact) mass is 326 g/mol. The Labute approximate surface area is 131 Å². The summed E-state index contributed by atoms with van der Waals surface area (Å²) in [5.74, 6) is 0. The molecule has 0 spiro atoms. The van der Waals surface area contributed by atoms with E-state index < -0.39 is 10.0 Å². The van der Waals surface area contributed by atoms with E-state index in [0.717, 1.165) is 35.6 Å². The van der Waals surface area contributed by atoms with Crippen molar-refractivity contribution in [3.05, 3.63) is 36.2 Å². The minimum Gasteiger partial charge on any atom is -0.264 e. The van der Waals surface area contributed by atoms with Crippen LogP contribution in [0, 0.1) is 6.92 Å². The highest BCUT2D eigenvalue weighted by atomic mass is 35.5. The fraction of sp³-hybridized carbons (Fsp3) is 0.400. The van der Waals surface area contributed by atoms with Crippen LogP contribution in [0.4, 0.5) is 0 Å². The Bertz CT molecular complexity index is 740. The van der Waals surface area contributed by atoms with E-state index in [1.165, 1.54) is 0 Å². The Kier molecular flexibility index (Phi) is 4.86. The third kappa shape index (κ3) is 2.91. The second-order valence-electron chi connectivity index (χ2n) is 5.27. The summed E-state index contributed by atoms with van der Waals surface area (Å²) in [6, 6.07) is 5.58. The zero-order valence-corrected chi connectivity index (χ0v) is 13.6. The van der Waals surface area contributed by atoms with Crippen molar-refractivity contribution in [1.29, 1.82) is 0 Å². The molecule has 0 amide bonds. The first kappa shape index (κ1) is 16.2. The number of nitrogens with zero attached hydrogens (tertiary/aromatic N) is 2. The quantitative estimate of drug-likeness (QED) is 0.852. The number of fused-ring (bicyclic) bond motifs is 1. The summed E-state index contributed by atoms with van der Waals surface area (Å²) >= 11 is 0. The molecule has 0 radical (unpaired) electrons. The van der Waals surface area contributed by atoms with Gasteiger partial charge in [-0.15, -0.1) is 12.4 Å². The average Bonchev–Trinajstić information content (AvgIpc) is 2.47. The minimum absolute atomic E-state index is 0. The molecule has 1 aliphatic rings. The first-order chi connectivity index (χ1) is 9.60. The summed E-state index contributed by atoms with van der Waals surface area (Å²) in [6.07, 6.45) is 6.38. The van der Waals surface area contributed by atoms with Gasteiger partial charge < -0.3 is 0 Å². The molecule has 4 nitrogen and oxygen atoms in total. The van der Waals surface area contributed by atoms with Crippen LogP contribution in [0.5, 0.6) is 0 Å². The number of pyridine rings is 1. The highest BCUT2D eigenvalue weighted by Gasteiger charge is 2.28. The molecule has 0 saturated carbocycles. The molecular weight excluding hydrogens is 308 g/mol. The van der Waals surface area contributed by atoms with Crippen LogP contribution in [0.25, 0.3) is 10.8 Å². The zero-order valence-electron chi connectivity index (χ0n) is 11.9. The fourth-order valence-electron chi connectivity index (χ4n) is 2.83. The van der Waals surface area contributed by atoms with Crippen molar-refractivity contribution in [2.75, 3.05) is 13.1 Å². The van der Waals surface area contributed by atoms with Crippen LogP contribution >= 0.6 is 12.4 Å². The number of rotatable bonds is 2. The number of aryl methyl sites for hydroxylation is 1. The molecule has 0 aliphatic carbocycles. The molecule has 3 rings (SSSR count). The lowest BCUT2D eigenvalue weighted by atomic mass is 10.1. The molecule has 1 aromatic carbocycles. The van der Waals surface area contributed by atoms with Crippen molar-refractivity contribution in [2.24, 2.45) is 0 Å². The van der Waals surface area contributed by atoms with Crippen molar-refractivity contribution < 1.29 is 8.42 Å². The van der Waals surface area contributed by atoms with Crippen LogP contribution in [0.2, 0.25) is 0 Å². The van der Waals surface area contributed by atoms with E-state index >= 15 is 0 Å². The molecule has 0 bridgehead atoms. The van der Waals surface area contributed by atoms with Crippen LogP contribution in [-0.4, -0.2) is 30.8 Å². The molecule has 1 aliphatic heterocycles. The summed E-state index contributed by atoms with van der Waals surface area (Å²) in [6.45, 7) is 3.11. The van der Waals surface area contributed by atoms with Gasteiger partial charge in [-0.3, -0.25) is 4.98 Å². The van der Waals surface area contributed by atoms with Crippen LogP contribution in [-0.2, 0) is 10.0 Å². The Morgan fingerprint density at radius 2 is 1.81 bits per heavy atom. The summed E-state index contributed by atoms with van der Waals surface area (Å²) in [4.78, 5) is 4.51. The maximum Gasteiger partial charge on any atom is 0.243 e. The lowest BCUT2D eigenvalue weighted by molar-refractivity contribution is 0.347. The fourth-order valence-corrected chi connectivity index (χ4v) is 4.76. The minimum atomic E-state index is -3.41. The lowest BCUT2D eigenvalue weighted by Crippen LogP contribution is -2.36. The van der Waals surface area contributed by atoms with E-state index in [2.05, 4.69) is 4.98 Å². The molecule has 0 N–H and O–H groups in total. The number of aromatic nitrogens is 1. The molecule has 21 heavy (non-hydrogen) atoms. The first-order valence-corrected chi connectivity index (χ1v) is 8.38. The van der Waals surface area contributed by atoms with Crippen molar-refractivity contribution in [1.82, 2.24) is 9.29 Å². The average molecular weight is 327 g/mol. The van der Waals surface area contributed by atoms with E-state index in [9.17, 15) is 8.42 Å². The third-order valence-corrected chi connectivity index (χ3v) is 5.98. The van der Waals surface area contributed by atoms with Gasteiger partial charge in [-0.1, -0.05) is 18.6 Å². The van der Waals surface area contributed by atoms with Crippen LogP contribution in [0.3, 0.4) is 0 Å². The van der Waals surface area contributed by atoms with E-state index in [4.69, 9.17) is 0 Å². The second kappa shape index (κ2) is 6.30. The summed E-state index contributed by atoms with van der Waals surface area (Å²) in [5.41, 5.74) is 0.800. The van der Waals surface area contributed by atoms with Gasteiger partial charge in [0.2, 0.25) is 10.0 Å². The van der Waals surface area contributed by atoms with Gasteiger partial charge in [0.15, 0.2) is 0 Å². The van der Waals surface area contributed by atoms with Crippen LogP contribution < -0.4 is 0 Å². The number of hydrogen-bond donors (Lipinski definition) is 0. The van der Waals surface area contributed by atoms with Crippen molar-refractivity contribution in [2.45, 2.75) is 31.1 Å². The smallest absolute Gasteiger partial charge is 0.243 e. The number of halogens is 1. The highest BCUT2D eigenvalue weighted by Crippen LogP contribution is 2.29. The molecule has 1 aromatic heterocycles. The maximum atomic E-state index is 12.9. The SMILES string of the molecule is Cc1ccc2cnccc2c1S(=O)(=O)N1CCCCC1.Cl. The summed E-state index contributed by atoms with van der Waals surface area (Å²) in [7, 11) is -3.41. The van der Waals surface area contributed by atoms with E-state index in [1.54, 1.807) is 22.8 Å². The standard InChI is InChI=1S/C15H18N2O2S.ClH/c1-12-5-6-13-11-16-8-7-14(13)15(12)20(18,19)17-9-3-2-4-10-17;/h5-8,11H,2-4,9-10H2,1H3;1H. The van der Waals surface area contributed by atoms with Crippen molar-refractivity contribution >= 4 is 33.2 Å². The Balaban J connectivity index is 0.00000161. The molecule has 2 heterocycles. The Morgan fingerprint density at radius 3 is 2.52 bits per heavy atom. The highest BCUT2D eigenvalue weighted by molar-refractivity contribution is 7.89. The van der Waals surface area contributed by atoms with Gasteiger partial charge in [-0.2, -0.15) is 4.31 Å². The lowest BCUT2D eigenvalue weighted by Gasteiger charge is -2.27. The maximum absolute atomic E-state index is 12.9. The summed E-state index contributed by atoms with van der Waals surface area (Å²) < 4.78 is 27.5. The van der Waals surface area contributed by atoms with Gasteiger partial charge in [0.1, 0.15) is 0 Å². The van der Waals surface area contributed by atoms with Crippen molar-refractivity contribution in [3.63, 3.8) is 0 Å². The topological polar surface area (TPSA) is 50.3 Å². The van der Waals surface area contributed by atoms with Gasteiger partial charge >= 0.3 is 0 Å². The molecule has 1 fully saturated rings. The predicted molar refractivity (Wildman–Crippen MR) is 86.3 cm³/mol. The van der Waals surface area contributed by atoms with Crippen molar-refractivity contribution in [3.8, 4) is 0 Å². The van der Waals surface area contributed by atoms with Gasteiger partial charge in [0.05, 0.1) is 4.90 Å². The van der Waals surface area contributed by atoms with Gasteiger partial charge in [-0.25, -0.2) is 8.42 Å². The van der Waals surface area contributed by atoms with Crippen LogP contribution in [0.15, 0.2) is 35.5 Å². The zero-order chi connectivity index (χ0) is 14.2. The van der Waals surface area contributed by atoms with E-state index in [0.29, 0.717) is 18.0 Å². The number of hydrogen-bond acceptors (Lipinski definition) is 3. The van der Waals surface area contributed by atoms with E-state index in [-0.39, 0.29) is 12.4 Å². The second-order valence-corrected chi connectivity index (χ2v) is 7.15. The summed E-state index contributed by atoms with van der Waals surface area (Å²) in [5, 5.41) is 1.64. The van der Waals surface area contributed by atoms with Gasteiger partial charge in [0.25, 0.3) is 0 Å². The number of benzene rings is 1. The Morgan fingerprint density at radius 1 is 1.10 bits per heavy atom. The third-order valence-electron chi connectivity index (χ3n) is 3.88. The van der Waals surface area contributed by atoms with Crippen LogP contribution in [0.1, 0.15) is 24.8 Å².